The molecule has 0 amide bonds. The molecule has 3 rings (SSSR count). The molecular weight excluding hydrogens is 347 g/mol. The van der Waals surface area contributed by atoms with Gasteiger partial charge in [0.2, 0.25) is 6.79 Å². The number of pyridine rings is 1. The van der Waals surface area contributed by atoms with Gasteiger partial charge in [0, 0.05) is 12.3 Å². The van der Waals surface area contributed by atoms with Crippen LogP contribution in [-0.2, 0) is 0 Å². The predicted octanol–water partition coefficient (Wildman–Crippen LogP) is 3.68. The zero-order valence-electron chi connectivity index (χ0n) is 12.0. The normalized spacial score (nSPS) is 13.0. The van der Waals surface area contributed by atoms with Gasteiger partial charge in [0.05, 0.1) is 11.3 Å². The minimum Gasteiger partial charge on any atom is -0.454 e. The molecule has 1 aliphatic rings. The van der Waals surface area contributed by atoms with Crippen molar-refractivity contribution in [2.45, 2.75) is 11.2 Å². The standard InChI is InChI=1S/C15H10F3NO4S/c16-15(17,18)7-24-13-10(2-1-5-19-13)14(20)23-9-3-4-11-12(6-9)22-8-21-11/h1-6H,7-8H2. The van der Waals surface area contributed by atoms with E-state index in [1.54, 1.807) is 6.07 Å². The second kappa shape index (κ2) is 6.60. The number of aromatic nitrogens is 1. The number of benzene rings is 1. The number of esters is 1. The number of ether oxygens (including phenoxy) is 3. The summed E-state index contributed by atoms with van der Waals surface area (Å²) in [6, 6.07) is 7.37. The molecule has 0 aliphatic carbocycles. The summed E-state index contributed by atoms with van der Waals surface area (Å²) in [7, 11) is 0. The highest BCUT2D eigenvalue weighted by atomic mass is 32.2. The van der Waals surface area contributed by atoms with E-state index in [2.05, 4.69) is 4.98 Å². The molecule has 1 aromatic heterocycles. The van der Waals surface area contributed by atoms with Crippen molar-refractivity contribution >= 4 is 17.7 Å². The zero-order valence-corrected chi connectivity index (χ0v) is 12.8. The molecule has 9 heteroatoms. The monoisotopic (exact) mass is 357 g/mol. The Morgan fingerprint density at radius 3 is 2.83 bits per heavy atom. The quantitative estimate of drug-likeness (QED) is 0.473. The first-order chi connectivity index (χ1) is 11.4. The molecule has 0 bridgehead atoms. The average Bonchev–Trinajstić information content (AvgIpc) is 3.00. The van der Waals surface area contributed by atoms with Crippen LogP contribution in [-0.4, -0.2) is 29.7 Å². The topological polar surface area (TPSA) is 57.7 Å². The van der Waals surface area contributed by atoms with Gasteiger partial charge >= 0.3 is 12.1 Å². The molecule has 1 aromatic carbocycles. The lowest BCUT2D eigenvalue weighted by atomic mass is 10.3. The molecular formula is C15H10F3NO4S. The molecule has 1 aliphatic heterocycles. The molecule has 0 N–H and O–H groups in total. The van der Waals surface area contributed by atoms with Crippen LogP contribution in [0.5, 0.6) is 17.2 Å². The molecule has 0 spiro atoms. The summed E-state index contributed by atoms with van der Waals surface area (Å²) in [4.78, 5) is 16.1. The van der Waals surface area contributed by atoms with Crippen LogP contribution in [0, 0.1) is 0 Å². The van der Waals surface area contributed by atoms with Crippen molar-refractivity contribution in [2.24, 2.45) is 0 Å². The molecule has 126 valence electrons. The second-order valence-electron chi connectivity index (χ2n) is 4.66. The van der Waals surface area contributed by atoms with E-state index < -0.39 is 17.9 Å². The van der Waals surface area contributed by atoms with Crippen LogP contribution in [0.1, 0.15) is 10.4 Å². The number of halogens is 3. The van der Waals surface area contributed by atoms with E-state index in [0.29, 0.717) is 23.3 Å². The third-order valence-corrected chi connectivity index (χ3v) is 3.99. The Kier molecular flexibility index (Phi) is 4.52. The van der Waals surface area contributed by atoms with Crippen LogP contribution in [0.3, 0.4) is 0 Å². The minimum absolute atomic E-state index is 0.0376. The fourth-order valence-corrected chi connectivity index (χ4v) is 2.66. The number of fused-ring (bicyclic) bond motifs is 1. The Bertz CT molecular complexity index is 767. The van der Waals surface area contributed by atoms with Gasteiger partial charge in [0.15, 0.2) is 11.5 Å². The molecule has 0 unspecified atom stereocenters. The van der Waals surface area contributed by atoms with Crippen LogP contribution in [0.2, 0.25) is 0 Å². The highest BCUT2D eigenvalue weighted by Gasteiger charge is 2.29. The van der Waals surface area contributed by atoms with E-state index in [1.165, 1.54) is 30.5 Å². The average molecular weight is 357 g/mol. The third kappa shape index (κ3) is 3.91. The van der Waals surface area contributed by atoms with Crippen molar-refractivity contribution in [1.29, 1.82) is 0 Å². The lowest BCUT2D eigenvalue weighted by Gasteiger charge is -2.10. The molecule has 5 nitrogen and oxygen atoms in total. The zero-order chi connectivity index (χ0) is 17.2. The van der Waals surface area contributed by atoms with Gasteiger partial charge in [-0.15, -0.1) is 0 Å². The molecule has 0 atom stereocenters. The maximum Gasteiger partial charge on any atom is 0.398 e. The summed E-state index contributed by atoms with van der Waals surface area (Å²) in [5, 5.41) is -0.0411. The van der Waals surface area contributed by atoms with Crippen molar-refractivity contribution in [1.82, 2.24) is 4.98 Å². The van der Waals surface area contributed by atoms with Crippen LogP contribution < -0.4 is 14.2 Å². The maximum absolute atomic E-state index is 12.4. The van der Waals surface area contributed by atoms with Crippen molar-refractivity contribution in [3.05, 3.63) is 42.1 Å². The van der Waals surface area contributed by atoms with Crippen LogP contribution in [0.4, 0.5) is 13.2 Å². The summed E-state index contributed by atoms with van der Waals surface area (Å²) in [6.45, 7) is 0.0770. The van der Waals surface area contributed by atoms with E-state index in [4.69, 9.17) is 14.2 Å². The Morgan fingerprint density at radius 2 is 2.04 bits per heavy atom. The first-order valence-electron chi connectivity index (χ1n) is 6.69. The molecule has 0 saturated carbocycles. The number of hydrogen-bond acceptors (Lipinski definition) is 6. The lowest BCUT2D eigenvalue weighted by Crippen LogP contribution is -2.14. The SMILES string of the molecule is O=C(Oc1ccc2c(c1)OCO2)c1cccnc1SCC(F)(F)F. The summed E-state index contributed by atoms with van der Waals surface area (Å²) in [5.74, 6) is -0.795. The van der Waals surface area contributed by atoms with E-state index in [9.17, 15) is 18.0 Å². The predicted molar refractivity (Wildman–Crippen MR) is 78.5 cm³/mol. The van der Waals surface area contributed by atoms with Crippen molar-refractivity contribution in [3.8, 4) is 17.2 Å². The van der Waals surface area contributed by atoms with Gasteiger partial charge in [-0.25, -0.2) is 9.78 Å². The van der Waals surface area contributed by atoms with Gasteiger partial charge in [0.1, 0.15) is 10.8 Å². The van der Waals surface area contributed by atoms with E-state index in [-0.39, 0.29) is 23.1 Å². The molecule has 2 heterocycles. The smallest absolute Gasteiger partial charge is 0.398 e. The van der Waals surface area contributed by atoms with Crippen LogP contribution in [0.15, 0.2) is 41.6 Å². The van der Waals surface area contributed by atoms with Gasteiger partial charge in [-0.1, -0.05) is 11.8 Å². The Labute approximate surface area is 138 Å². The molecule has 2 aromatic rings. The molecule has 24 heavy (non-hydrogen) atoms. The molecule has 0 radical (unpaired) electrons. The van der Waals surface area contributed by atoms with Crippen LogP contribution >= 0.6 is 11.8 Å². The molecule has 0 saturated heterocycles. The fraction of sp³-hybridized carbons (Fsp3) is 0.200. The summed E-state index contributed by atoms with van der Waals surface area (Å²) >= 11 is 0.431. The Balaban J connectivity index is 1.75. The first kappa shape index (κ1) is 16.4. The number of rotatable bonds is 4. The number of hydrogen-bond donors (Lipinski definition) is 0. The minimum atomic E-state index is -4.36. The number of thioether (sulfide) groups is 1. The second-order valence-corrected chi connectivity index (χ2v) is 5.63. The van der Waals surface area contributed by atoms with Gasteiger partial charge in [-0.2, -0.15) is 13.2 Å². The van der Waals surface area contributed by atoms with Gasteiger partial charge in [0.25, 0.3) is 0 Å². The highest BCUT2D eigenvalue weighted by molar-refractivity contribution is 7.99. The third-order valence-electron chi connectivity index (χ3n) is 2.92. The first-order valence-corrected chi connectivity index (χ1v) is 7.67. The van der Waals surface area contributed by atoms with Crippen molar-refractivity contribution in [2.75, 3.05) is 12.5 Å². The summed E-state index contributed by atoms with van der Waals surface area (Å²) in [6.07, 6.45) is -3.04. The maximum atomic E-state index is 12.4. The van der Waals surface area contributed by atoms with E-state index >= 15 is 0 Å². The number of carbonyl (C=O) groups excluding carboxylic acids is 1. The highest BCUT2D eigenvalue weighted by Crippen LogP contribution is 2.35. The van der Waals surface area contributed by atoms with Crippen molar-refractivity contribution < 1.29 is 32.2 Å². The number of nitrogens with zero attached hydrogens (tertiary/aromatic N) is 1. The van der Waals surface area contributed by atoms with E-state index in [0.717, 1.165) is 0 Å². The number of carbonyl (C=O) groups is 1. The Morgan fingerprint density at radius 1 is 1.25 bits per heavy atom. The largest absolute Gasteiger partial charge is 0.454 e. The number of alkyl halides is 3. The molecule has 0 fully saturated rings. The fourth-order valence-electron chi connectivity index (χ4n) is 1.91. The summed E-state index contributed by atoms with van der Waals surface area (Å²) < 4.78 is 52.6. The van der Waals surface area contributed by atoms with Gasteiger partial charge in [-0.3, -0.25) is 0 Å². The van der Waals surface area contributed by atoms with E-state index in [1.807, 2.05) is 0 Å². The Hall–Kier alpha value is -2.42. The van der Waals surface area contributed by atoms with Crippen LogP contribution in [0.25, 0.3) is 0 Å². The van der Waals surface area contributed by atoms with Gasteiger partial charge in [-0.05, 0) is 24.3 Å². The summed E-state index contributed by atoms with van der Waals surface area (Å²) in [5.41, 5.74) is -0.0376. The lowest BCUT2D eigenvalue weighted by molar-refractivity contribution is -0.105. The van der Waals surface area contributed by atoms with Crippen molar-refractivity contribution in [3.63, 3.8) is 0 Å². The van der Waals surface area contributed by atoms with Gasteiger partial charge < -0.3 is 14.2 Å².